The molecule has 4 aliphatic carbocycles. The minimum Gasteiger partial charge on any atom is -0.397 e. The van der Waals surface area contributed by atoms with Gasteiger partial charge in [-0.05, 0) is 62.3 Å². The molecule has 4 aliphatic rings. The number of pyridine rings is 1. The molecule has 0 atom stereocenters. The van der Waals surface area contributed by atoms with E-state index in [0.717, 1.165) is 23.4 Å². The quantitative estimate of drug-likeness (QED) is 0.885. The van der Waals surface area contributed by atoms with Gasteiger partial charge in [0.1, 0.15) is 0 Å². The number of hydrogen-bond donors (Lipinski definition) is 1. The van der Waals surface area contributed by atoms with Crippen LogP contribution in [0.15, 0.2) is 18.5 Å². The molecule has 0 unspecified atom stereocenters. The SMILES string of the molecule is CN(c1cncc(N)c1)C12CC3CC(CC(C3)C1)C2. The van der Waals surface area contributed by atoms with Crippen molar-refractivity contribution in [3.05, 3.63) is 18.5 Å². The maximum Gasteiger partial charge on any atom is 0.0575 e. The molecule has 1 heterocycles. The van der Waals surface area contributed by atoms with Gasteiger partial charge in [-0.3, -0.25) is 4.98 Å². The van der Waals surface area contributed by atoms with Gasteiger partial charge >= 0.3 is 0 Å². The Morgan fingerprint density at radius 3 is 2.21 bits per heavy atom. The van der Waals surface area contributed by atoms with Gasteiger partial charge in [0.05, 0.1) is 17.6 Å². The first kappa shape index (κ1) is 11.6. The largest absolute Gasteiger partial charge is 0.397 e. The molecule has 0 aliphatic heterocycles. The monoisotopic (exact) mass is 257 g/mol. The highest BCUT2D eigenvalue weighted by molar-refractivity contribution is 5.55. The fraction of sp³-hybridized carbons (Fsp3) is 0.688. The molecule has 1 aromatic heterocycles. The molecule has 0 radical (unpaired) electrons. The van der Waals surface area contributed by atoms with Crippen molar-refractivity contribution in [1.29, 1.82) is 0 Å². The summed E-state index contributed by atoms with van der Waals surface area (Å²) in [5.74, 6) is 2.92. The molecular formula is C16H23N3. The summed E-state index contributed by atoms with van der Waals surface area (Å²) in [5.41, 5.74) is 8.26. The maximum absolute atomic E-state index is 5.90. The third-order valence-corrected chi connectivity index (χ3v) is 5.85. The average Bonchev–Trinajstić information content (AvgIpc) is 2.36. The Balaban J connectivity index is 1.68. The molecule has 1 aromatic rings. The molecule has 0 saturated heterocycles. The summed E-state index contributed by atoms with van der Waals surface area (Å²) in [5, 5.41) is 0. The Hall–Kier alpha value is -1.25. The van der Waals surface area contributed by atoms with Crippen LogP contribution in [0.25, 0.3) is 0 Å². The number of rotatable bonds is 2. The van der Waals surface area contributed by atoms with Crippen LogP contribution in [0.1, 0.15) is 38.5 Å². The number of hydrogen-bond acceptors (Lipinski definition) is 3. The summed E-state index contributed by atoms with van der Waals surface area (Å²) in [4.78, 5) is 6.77. The van der Waals surface area contributed by atoms with E-state index >= 15 is 0 Å². The van der Waals surface area contributed by atoms with Crippen LogP contribution in [0.5, 0.6) is 0 Å². The highest BCUT2D eigenvalue weighted by atomic mass is 15.2. The lowest BCUT2D eigenvalue weighted by Crippen LogP contribution is -2.59. The first-order valence-corrected chi connectivity index (χ1v) is 7.59. The van der Waals surface area contributed by atoms with Gasteiger partial charge in [-0.25, -0.2) is 0 Å². The molecule has 0 amide bonds. The second-order valence-electron chi connectivity index (χ2n) is 7.18. The van der Waals surface area contributed by atoms with Crippen LogP contribution in [0.4, 0.5) is 11.4 Å². The molecule has 5 rings (SSSR count). The zero-order valence-electron chi connectivity index (χ0n) is 11.7. The van der Waals surface area contributed by atoms with Gasteiger partial charge in [-0.2, -0.15) is 0 Å². The molecular weight excluding hydrogens is 234 g/mol. The van der Waals surface area contributed by atoms with E-state index in [1.54, 1.807) is 6.20 Å². The fourth-order valence-corrected chi connectivity index (χ4v) is 5.38. The van der Waals surface area contributed by atoms with E-state index in [9.17, 15) is 0 Å². The lowest BCUT2D eigenvalue weighted by atomic mass is 9.52. The van der Waals surface area contributed by atoms with Crippen LogP contribution in [0, 0.1) is 17.8 Å². The average molecular weight is 257 g/mol. The van der Waals surface area contributed by atoms with Gasteiger partial charge in [-0.15, -0.1) is 0 Å². The minimum absolute atomic E-state index is 0.393. The summed E-state index contributed by atoms with van der Waals surface area (Å²) in [6, 6.07) is 2.07. The summed E-state index contributed by atoms with van der Waals surface area (Å²) in [6.45, 7) is 0. The van der Waals surface area contributed by atoms with E-state index in [1.165, 1.54) is 44.2 Å². The van der Waals surface area contributed by atoms with Gasteiger partial charge in [-0.1, -0.05) is 0 Å². The van der Waals surface area contributed by atoms with Crippen LogP contribution >= 0.6 is 0 Å². The van der Waals surface area contributed by atoms with Crippen molar-refractivity contribution in [2.45, 2.75) is 44.1 Å². The predicted molar refractivity (Wildman–Crippen MR) is 78.0 cm³/mol. The van der Waals surface area contributed by atoms with Gasteiger partial charge < -0.3 is 10.6 Å². The van der Waals surface area contributed by atoms with Gasteiger partial charge in [0.2, 0.25) is 0 Å². The third-order valence-electron chi connectivity index (χ3n) is 5.85. The molecule has 19 heavy (non-hydrogen) atoms. The second-order valence-corrected chi connectivity index (χ2v) is 7.18. The summed E-state index contributed by atoms with van der Waals surface area (Å²) >= 11 is 0. The van der Waals surface area contributed by atoms with E-state index < -0.39 is 0 Å². The highest BCUT2D eigenvalue weighted by Crippen LogP contribution is 2.58. The molecule has 0 aromatic carbocycles. The second kappa shape index (κ2) is 3.87. The molecule has 0 spiro atoms. The Bertz CT molecular complexity index is 461. The van der Waals surface area contributed by atoms with Crippen LogP contribution < -0.4 is 10.6 Å². The maximum atomic E-state index is 5.90. The topological polar surface area (TPSA) is 42.2 Å². The summed E-state index contributed by atoms with van der Waals surface area (Å²) < 4.78 is 0. The smallest absolute Gasteiger partial charge is 0.0575 e. The van der Waals surface area contributed by atoms with Crippen molar-refractivity contribution in [3.63, 3.8) is 0 Å². The molecule has 4 saturated carbocycles. The Morgan fingerprint density at radius 2 is 1.68 bits per heavy atom. The predicted octanol–water partition coefficient (Wildman–Crippen LogP) is 3.07. The van der Waals surface area contributed by atoms with E-state index in [4.69, 9.17) is 5.73 Å². The number of nitrogen functional groups attached to an aromatic ring is 1. The van der Waals surface area contributed by atoms with Crippen molar-refractivity contribution in [2.24, 2.45) is 17.8 Å². The van der Waals surface area contributed by atoms with Crippen LogP contribution in [-0.4, -0.2) is 17.6 Å². The molecule has 102 valence electrons. The molecule has 2 N–H and O–H groups in total. The molecule has 4 bridgehead atoms. The van der Waals surface area contributed by atoms with Crippen molar-refractivity contribution < 1.29 is 0 Å². The molecule has 3 nitrogen and oxygen atoms in total. The van der Waals surface area contributed by atoms with E-state index in [0.29, 0.717) is 5.54 Å². The lowest BCUT2D eigenvalue weighted by molar-refractivity contribution is -0.00202. The Kier molecular flexibility index (Phi) is 2.36. The van der Waals surface area contributed by atoms with E-state index in [-0.39, 0.29) is 0 Å². The Morgan fingerprint density at radius 1 is 1.11 bits per heavy atom. The standard InChI is InChI=1S/C16H23N3/c1-19(15-5-14(17)9-18-10-15)16-6-11-2-12(7-16)4-13(3-11)8-16/h5,9-13H,2-4,6-8,17H2,1H3. The van der Waals surface area contributed by atoms with Crippen molar-refractivity contribution in [2.75, 3.05) is 17.7 Å². The normalized spacial score (nSPS) is 39.5. The summed E-state index contributed by atoms with van der Waals surface area (Å²) in [6.07, 6.45) is 12.3. The van der Waals surface area contributed by atoms with Crippen molar-refractivity contribution >= 4 is 11.4 Å². The van der Waals surface area contributed by atoms with E-state index in [1.807, 2.05) is 6.20 Å². The highest BCUT2D eigenvalue weighted by Gasteiger charge is 2.52. The zero-order chi connectivity index (χ0) is 13.0. The van der Waals surface area contributed by atoms with Gasteiger partial charge in [0, 0.05) is 18.8 Å². The van der Waals surface area contributed by atoms with Crippen molar-refractivity contribution in [3.8, 4) is 0 Å². The van der Waals surface area contributed by atoms with Crippen LogP contribution in [0.3, 0.4) is 0 Å². The van der Waals surface area contributed by atoms with Crippen molar-refractivity contribution in [1.82, 2.24) is 4.98 Å². The minimum atomic E-state index is 0.393. The number of anilines is 2. The van der Waals surface area contributed by atoms with E-state index in [2.05, 4.69) is 23.0 Å². The first-order chi connectivity index (χ1) is 9.14. The third kappa shape index (κ3) is 1.74. The van der Waals surface area contributed by atoms with Crippen LogP contribution in [-0.2, 0) is 0 Å². The Labute approximate surface area is 115 Å². The van der Waals surface area contributed by atoms with Gasteiger partial charge in [0.15, 0.2) is 0 Å². The number of nitrogens with zero attached hydrogens (tertiary/aromatic N) is 2. The number of aromatic nitrogens is 1. The fourth-order valence-electron chi connectivity index (χ4n) is 5.38. The number of nitrogens with two attached hydrogens (primary N) is 1. The zero-order valence-corrected chi connectivity index (χ0v) is 11.7. The first-order valence-electron chi connectivity index (χ1n) is 7.59. The molecule has 4 fully saturated rings. The lowest BCUT2D eigenvalue weighted by Gasteiger charge is -2.60. The van der Waals surface area contributed by atoms with Crippen LogP contribution in [0.2, 0.25) is 0 Å². The van der Waals surface area contributed by atoms with Gasteiger partial charge in [0.25, 0.3) is 0 Å². The molecule has 3 heteroatoms. The summed E-state index contributed by atoms with van der Waals surface area (Å²) in [7, 11) is 2.25.